The lowest BCUT2D eigenvalue weighted by Crippen LogP contribution is -2.03. The number of nitrogen functional groups attached to an aromatic ring is 1. The maximum absolute atomic E-state index is 5.57. The van der Waals surface area contributed by atoms with Crippen LogP contribution in [0, 0.1) is 13.8 Å². The third-order valence-corrected chi connectivity index (χ3v) is 2.13. The number of anilines is 1. The first-order valence-corrected chi connectivity index (χ1v) is 4.28. The Kier molecular flexibility index (Phi) is 1.92. The highest BCUT2D eigenvalue weighted by Gasteiger charge is 2.06. The van der Waals surface area contributed by atoms with Gasteiger partial charge in [-0.3, -0.25) is 4.57 Å². The van der Waals surface area contributed by atoms with Crippen LogP contribution in [0.25, 0.3) is 5.95 Å². The minimum atomic E-state index is 0.459. The fourth-order valence-corrected chi connectivity index (χ4v) is 1.18. The molecule has 0 fully saturated rings. The van der Waals surface area contributed by atoms with Gasteiger partial charge in [0.2, 0.25) is 5.95 Å². The average molecular weight is 189 g/mol. The van der Waals surface area contributed by atoms with E-state index in [1.165, 1.54) is 0 Å². The van der Waals surface area contributed by atoms with E-state index in [9.17, 15) is 0 Å². The van der Waals surface area contributed by atoms with Gasteiger partial charge >= 0.3 is 0 Å². The Bertz CT molecular complexity index is 460. The van der Waals surface area contributed by atoms with Crippen LogP contribution in [0.5, 0.6) is 0 Å². The molecule has 2 N–H and O–H groups in total. The summed E-state index contributed by atoms with van der Waals surface area (Å²) in [6, 6.07) is 1.66. The molecule has 0 bridgehead atoms. The molecule has 0 aliphatic carbocycles. The second-order valence-corrected chi connectivity index (χ2v) is 3.07. The summed E-state index contributed by atoms with van der Waals surface area (Å²) in [6.45, 7) is 3.91. The number of hydrogen-bond donors (Lipinski definition) is 1. The normalized spacial score (nSPS) is 10.4. The van der Waals surface area contributed by atoms with Crippen molar-refractivity contribution in [1.82, 2.24) is 19.5 Å². The van der Waals surface area contributed by atoms with Gasteiger partial charge < -0.3 is 5.73 Å². The molecule has 0 spiro atoms. The highest BCUT2D eigenvalue weighted by molar-refractivity contribution is 5.31. The first kappa shape index (κ1) is 8.68. The molecule has 5 heteroatoms. The highest BCUT2D eigenvalue weighted by Crippen LogP contribution is 2.09. The number of hydrogen-bond acceptors (Lipinski definition) is 4. The van der Waals surface area contributed by atoms with Crippen LogP contribution in [0.4, 0.5) is 5.82 Å². The van der Waals surface area contributed by atoms with E-state index < -0.39 is 0 Å². The third-order valence-electron chi connectivity index (χ3n) is 2.13. The van der Waals surface area contributed by atoms with E-state index in [0.29, 0.717) is 11.8 Å². The minimum absolute atomic E-state index is 0.459. The van der Waals surface area contributed by atoms with Crippen LogP contribution in [0.15, 0.2) is 18.6 Å². The zero-order chi connectivity index (χ0) is 10.1. The Morgan fingerprint density at radius 2 is 2.07 bits per heavy atom. The highest BCUT2D eigenvalue weighted by atomic mass is 15.2. The molecule has 2 aromatic heterocycles. The second kappa shape index (κ2) is 3.10. The summed E-state index contributed by atoms with van der Waals surface area (Å²) in [7, 11) is 0. The smallest absolute Gasteiger partial charge is 0.237 e. The molecule has 0 unspecified atom stereocenters. The quantitative estimate of drug-likeness (QED) is 0.722. The fraction of sp³-hybridized carbons (Fsp3) is 0.222. The standard InChI is InChI=1S/C9H11N5/c1-6-7(2)14(5-12-6)9-11-4-3-8(10)13-9/h3-5H,1-2H3,(H2,10,11,13). The van der Waals surface area contributed by atoms with Gasteiger partial charge in [-0.05, 0) is 19.9 Å². The van der Waals surface area contributed by atoms with Gasteiger partial charge in [-0.15, -0.1) is 0 Å². The van der Waals surface area contributed by atoms with Gasteiger partial charge in [0.1, 0.15) is 12.1 Å². The van der Waals surface area contributed by atoms with E-state index in [-0.39, 0.29) is 0 Å². The van der Waals surface area contributed by atoms with Crippen LogP contribution in [-0.2, 0) is 0 Å². The van der Waals surface area contributed by atoms with Crippen LogP contribution >= 0.6 is 0 Å². The van der Waals surface area contributed by atoms with Gasteiger partial charge in [0.05, 0.1) is 5.69 Å². The Morgan fingerprint density at radius 3 is 2.64 bits per heavy atom. The summed E-state index contributed by atoms with van der Waals surface area (Å²) >= 11 is 0. The van der Waals surface area contributed by atoms with Crippen molar-refractivity contribution in [2.45, 2.75) is 13.8 Å². The third kappa shape index (κ3) is 1.32. The van der Waals surface area contributed by atoms with E-state index >= 15 is 0 Å². The van der Waals surface area contributed by atoms with Gasteiger partial charge in [0.15, 0.2) is 0 Å². The molecule has 72 valence electrons. The van der Waals surface area contributed by atoms with Crippen molar-refractivity contribution in [3.05, 3.63) is 30.0 Å². The first-order valence-electron chi connectivity index (χ1n) is 4.28. The van der Waals surface area contributed by atoms with Crippen LogP contribution in [0.2, 0.25) is 0 Å². The summed E-state index contributed by atoms with van der Waals surface area (Å²) < 4.78 is 1.81. The van der Waals surface area contributed by atoms with Gasteiger partial charge in [-0.2, -0.15) is 4.98 Å². The molecule has 14 heavy (non-hydrogen) atoms. The predicted octanol–water partition coefficient (Wildman–Crippen LogP) is 0.861. The maximum atomic E-state index is 5.57. The molecule has 0 amide bonds. The lowest BCUT2D eigenvalue weighted by atomic mass is 10.4. The van der Waals surface area contributed by atoms with E-state index in [1.807, 2.05) is 18.4 Å². The Balaban J connectivity index is 2.55. The maximum Gasteiger partial charge on any atom is 0.237 e. The van der Waals surface area contributed by atoms with Crippen LogP contribution < -0.4 is 5.73 Å². The van der Waals surface area contributed by atoms with E-state index in [4.69, 9.17) is 5.73 Å². The fourth-order valence-electron chi connectivity index (χ4n) is 1.18. The Morgan fingerprint density at radius 1 is 1.29 bits per heavy atom. The van der Waals surface area contributed by atoms with Gasteiger partial charge in [-0.1, -0.05) is 0 Å². The van der Waals surface area contributed by atoms with Crippen molar-refractivity contribution >= 4 is 5.82 Å². The number of nitrogens with two attached hydrogens (primary N) is 1. The van der Waals surface area contributed by atoms with E-state index in [0.717, 1.165) is 11.4 Å². The molecule has 0 aliphatic rings. The van der Waals surface area contributed by atoms with Crippen LogP contribution in [-0.4, -0.2) is 19.5 Å². The molecule has 0 aliphatic heterocycles. The number of imidazole rings is 1. The topological polar surface area (TPSA) is 69.6 Å². The second-order valence-electron chi connectivity index (χ2n) is 3.07. The average Bonchev–Trinajstić information content (AvgIpc) is 2.48. The van der Waals surface area contributed by atoms with Crippen molar-refractivity contribution < 1.29 is 0 Å². The Labute approximate surface area is 81.6 Å². The van der Waals surface area contributed by atoms with Crippen molar-refractivity contribution in [3.8, 4) is 5.95 Å². The van der Waals surface area contributed by atoms with Gasteiger partial charge in [0, 0.05) is 11.9 Å². The van der Waals surface area contributed by atoms with Crippen LogP contribution in [0.3, 0.4) is 0 Å². The van der Waals surface area contributed by atoms with Gasteiger partial charge in [-0.25, -0.2) is 9.97 Å². The molecule has 2 aromatic rings. The molecule has 0 radical (unpaired) electrons. The van der Waals surface area contributed by atoms with Crippen molar-refractivity contribution in [3.63, 3.8) is 0 Å². The van der Waals surface area contributed by atoms with E-state index in [1.54, 1.807) is 18.6 Å². The molecule has 2 heterocycles. The summed E-state index contributed by atoms with van der Waals surface area (Å²) in [5, 5.41) is 0. The van der Waals surface area contributed by atoms with Crippen LogP contribution in [0.1, 0.15) is 11.4 Å². The monoisotopic (exact) mass is 189 g/mol. The largest absolute Gasteiger partial charge is 0.384 e. The van der Waals surface area contributed by atoms with Crippen molar-refractivity contribution in [2.75, 3.05) is 5.73 Å². The molecule has 2 rings (SSSR count). The first-order chi connectivity index (χ1) is 6.68. The minimum Gasteiger partial charge on any atom is -0.384 e. The molecule has 0 aromatic carbocycles. The van der Waals surface area contributed by atoms with Crippen molar-refractivity contribution in [1.29, 1.82) is 0 Å². The Hall–Kier alpha value is -1.91. The molecule has 5 nitrogen and oxygen atoms in total. The number of rotatable bonds is 1. The summed E-state index contributed by atoms with van der Waals surface area (Å²) in [4.78, 5) is 12.4. The summed E-state index contributed by atoms with van der Waals surface area (Å²) in [5.41, 5.74) is 7.56. The van der Waals surface area contributed by atoms with Crippen molar-refractivity contribution in [2.24, 2.45) is 0 Å². The molecular weight excluding hydrogens is 178 g/mol. The molecule has 0 saturated heterocycles. The lowest BCUT2D eigenvalue weighted by molar-refractivity contribution is 0.897. The molecule has 0 saturated carbocycles. The number of aromatic nitrogens is 4. The molecular formula is C9H11N5. The summed E-state index contributed by atoms with van der Waals surface area (Å²) in [5.74, 6) is 1.02. The lowest BCUT2D eigenvalue weighted by Gasteiger charge is -2.02. The zero-order valence-corrected chi connectivity index (χ0v) is 8.10. The summed E-state index contributed by atoms with van der Waals surface area (Å²) in [6.07, 6.45) is 3.33. The zero-order valence-electron chi connectivity index (χ0n) is 8.10. The van der Waals surface area contributed by atoms with Gasteiger partial charge in [0.25, 0.3) is 0 Å². The predicted molar refractivity (Wildman–Crippen MR) is 53.0 cm³/mol. The molecule has 0 atom stereocenters. The number of aryl methyl sites for hydroxylation is 1. The SMILES string of the molecule is Cc1ncn(-c2nccc(N)n2)c1C. The van der Waals surface area contributed by atoms with E-state index in [2.05, 4.69) is 15.0 Å². The number of nitrogens with zero attached hydrogens (tertiary/aromatic N) is 4.